The standard InChI is InChI=1S/C58H41N/c1-3-12-42(13-4-1)45-24-30-49(31-25-45)54-21-11-23-58(41-54)59(57-22-10-20-53(40-57)43-14-5-2-6-15-43)56-36-34-47(35-37-56)46-26-28-48(29-27-46)51-18-9-19-52(38-51)55-33-32-44-16-7-8-17-50(44)39-55/h1-41H. The molecule has 0 heterocycles. The van der Waals surface area contributed by atoms with Gasteiger partial charge in [0.15, 0.2) is 0 Å². The van der Waals surface area contributed by atoms with Gasteiger partial charge >= 0.3 is 0 Å². The highest BCUT2D eigenvalue weighted by molar-refractivity contribution is 5.88. The molecule has 0 fully saturated rings. The minimum Gasteiger partial charge on any atom is -0.310 e. The molecule has 1 heteroatoms. The zero-order valence-corrected chi connectivity index (χ0v) is 32.6. The second-order valence-corrected chi connectivity index (χ2v) is 15.0. The van der Waals surface area contributed by atoms with Gasteiger partial charge in [0.1, 0.15) is 0 Å². The van der Waals surface area contributed by atoms with Crippen LogP contribution in [0.5, 0.6) is 0 Å². The molecule has 0 saturated heterocycles. The Kier molecular flexibility index (Phi) is 9.68. The second kappa shape index (κ2) is 16.0. The molecule has 0 unspecified atom stereocenters. The molecule has 0 radical (unpaired) electrons. The van der Waals surface area contributed by atoms with E-state index in [2.05, 4.69) is 254 Å². The van der Waals surface area contributed by atoms with E-state index in [1.165, 1.54) is 77.5 Å². The summed E-state index contributed by atoms with van der Waals surface area (Å²) in [6, 6.07) is 89.8. The topological polar surface area (TPSA) is 3.24 Å². The molecule has 0 atom stereocenters. The van der Waals surface area contributed by atoms with Crippen molar-refractivity contribution in [3.8, 4) is 66.8 Å². The molecule has 0 bridgehead atoms. The summed E-state index contributed by atoms with van der Waals surface area (Å²) in [6.45, 7) is 0. The molecule has 1 nitrogen and oxygen atoms in total. The van der Waals surface area contributed by atoms with E-state index in [4.69, 9.17) is 0 Å². The van der Waals surface area contributed by atoms with Crippen molar-refractivity contribution in [3.63, 3.8) is 0 Å². The van der Waals surface area contributed by atoms with E-state index in [1.54, 1.807) is 0 Å². The van der Waals surface area contributed by atoms with Crippen LogP contribution in [0.2, 0.25) is 0 Å². The van der Waals surface area contributed by atoms with E-state index in [-0.39, 0.29) is 0 Å². The van der Waals surface area contributed by atoms with Crippen molar-refractivity contribution < 1.29 is 0 Å². The number of nitrogens with zero attached hydrogens (tertiary/aromatic N) is 1. The van der Waals surface area contributed by atoms with Crippen LogP contribution < -0.4 is 4.90 Å². The van der Waals surface area contributed by atoms with E-state index in [0.717, 1.165) is 17.1 Å². The summed E-state index contributed by atoms with van der Waals surface area (Å²) in [5.41, 5.74) is 17.7. The Hall–Kier alpha value is -7.74. The van der Waals surface area contributed by atoms with Crippen LogP contribution >= 0.6 is 0 Å². The summed E-state index contributed by atoms with van der Waals surface area (Å²) in [6.07, 6.45) is 0. The van der Waals surface area contributed by atoms with Crippen LogP contribution in [-0.4, -0.2) is 0 Å². The minimum absolute atomic E-state index is 1.10. The fourth-order valence-electron chi connectivity index (χ4n) is 8.12. The van der Waals surface area contributed by atoms with Crippen LogP contribution in [0.4, 0.5) is 17.1 Å². The lowest BCUT2D eigenvalue weighted by Gasteiger charge is -2.27. The molecule has 0 amide bonds. The molecule has 10 aromatic rings. The van der Waals surface area contributed by atoms with Crippen molar-refractivity contribution in [2.45, 2.75) is 0 Å². The van der Waals surface area contributed by atoms with Crippen molar-refractivity contribution in [2.24, 2.45) is 0 Å². The average molecular weight is 752 g/mol. The molecule has 0 saturated carbocycles. The Bertz CT molecular complexity index is 3000. The van der Waals surface area contributed by atoms with Crippen molar-refractivity contribution >= 4 is 27.8 Å². The van der Waals surface area contributed by atoms with E-state index in [1.807, 2.05) is 0 Å². The van der Waals surface area contributed by atoms with Gasteiger partial charge in [-0.2, -0.15) is 0 Å². The molecular formula is C58H41N. The first-order valence-corrected chi connectivity index (χ1v) is 20.2. The summed E-state index contributed by atoms with van der Waals surface area (Å²) in [4.78, 5) is 2.36. The lowest BCUT2D eigenvalue weighted by Crippen LogP contribution is -2.10. The Morgan fingerprint density at radius 2 is 0.492 bits per heavy atom. The number of rotatable bonds is 9. The summed E-state index contributed by atoms with van der Waals surface area (Å²) in [5.74, 6) is 0. The normalized spacial score (nSPS) is 11.1. The fourth-order valence-corrected chi connectivity index (χ4v) is 8.12. The van der Waals surface area contributed by atoms with Crippen molar-refractivity contribution in [2.75, 3.05) is 4.90 Å². The van der Waals surface area contributed by atoms with Crippen LogP contribution in [0.25, 0.3) is 77.5 Å². The van der Waals surface area contributed by atoms with Gasteiger partial charge in [-0.05, 0) is 126 Å². The zero-order valence-electron chi connectivity index (χ0n) is 32.6. The second-order valence-electron chi connectivity index (χ2n) is 15.0. The van der Waals surface area contributed by atoms with Crippen LogP contribution in [0.3, 0.4) is 0 Å². The monoisotopic (exact) mass is 751 g/mol. The smallest absolute Gasteiger partial charge is 0.0467 e. The van der Waals surface area contributed by atoms with Crippen LogP contribution in [0.1, 0.15) is 0 Å². The third-order valence-electron chi connectivity index (χ3n) is 11.3. The third-order valence-corrected chi connectivity index (χ3v) is 11.3. The SMILES string of the molecule is c1ccc(-c2ccc(-c3cccc(N(c4ccc(-c5ccc(-c6cccc(-c7ccc8ccccc8c7)c6)cc5)cc4)c4cccc(-c5ccccc5)c4)c3)cc2)cc1. The third kappa shape index (κ3) is 7.58. The van der Waals surface area contributed by atoms with Gasteiger partial charge in [-0.15, -0.1) is 0 Å². The summed E-state index contributed by atoms with van der Waals surface area (Å²) < 4.78 is 0. The lowest BCUT2D eigenvalue weighted by atomic mass is 9.96. The molecule has 0 aliphatic heterocycles. The molecule has 278 valence electrons. The number of anilines is 3. The van der Waals surface area contributed by atoms with Crippen molar-refractivity contribution in [3.05, 3.63) is 249 Å². The predicted molar refractivity (Wildman–Crippen MR) is 251 cm³/mol. The molecule has 0 spiro atoms. The van der Waals surface area contributed by atoms with E-state index in [0.29, 0.717) is 0 Å². The van der Waals surface area contributed by atoms with Crippen LogP contribution in [0, 0.1) is 0 Å². The van der Waals surface area contributed by atoms with Gasteiger partial charge in [0.25, 0.3) is 0 Å². The number of hydrogen-bond acceptors (Lipinski definition) is 1. The van der Waals surface area contributed by atoms with Gasteiger partial charge in [-0.1, -0.05) is 200 Å². The molecule has 10 aromatic carbocycles. The first kappa shape index (κ1) is 35.7. The Morgan fingerprint density at radius 1 is 0.169 bits per heavy atom. The maximum absolute atomic E-state index is 2.36. The largest absolute Gasteiger partial charge is 0.310 e. The predicted octanol–water partition coefficient (Wildman–Crippen LogP) is 16.3. The number of fused-ring (bicyclic) bond motifs is 1. The Morgan fingerprint density at radius 3 is 1.02 bits per heavy atom. The van der Waals surface area contributed by atoms with E-state index >= 15 is 0 Å². The van der Waals surface area contributed by atoms with Gasteiger partial charge in [-0.3, -0.25) is 0 Å². The van der Waals surface area contributed by atoms with Gasteiger partial charge < -0.3 is 4.90 Å². The lowest BCUT2D eigenvalue weighted by molar-refractivity contribution is 1.28. The summed E-state index contributed by atoms with van der Waals surface area (Å²) in [5, 5.41) is 2.52. The molecule has 0 aliphatic carbocycles. The number of hydrogen-bond donors (Lipinski definition) is 0. The molecular weight excluding hydrogens is 711 g/mol. The highest BCUT2D eigenvalue weighted by Crippen LogP contribution is 2.39. The zero-order chi connectivity index (χ0) is 39.4. The first-order chi connectivity index (χ1) is 29.2. The Labute approximate surface area is 346 Å². The highest BCUT2D eigenvalue weighted by atomic mass is 15.1. The van der Waals surface area contributed by atoms with Gasteiger partial charge in [0.05, 0.1) is 0 Å². The first-order valence-electron chi connectivity index (χ1n) is 20.2. The van der Waals surface area contributed by atoms with Gasteiger partial charge in [-0.25, -0.2) is 0 Å². The highest BCUT2D eigenvalue weighted by Gasteiger charge is 2.15. The average Bonchev–Trinajstić information content (AvgIpc) is 3.33. The van der Waals surface area contributed by atoms with Crippen LogP contribution in [-0.2, 0) is 0 Å². The molecule has 59 heavy (non-hydrogen) atoms. The fraction of sp³-hybridized carbons (Fsp3) is 0. The van der Waals surface area contributed by atoms with Crippen molar-refractivity contribution in [1.82, 2.24) is 0 Å². The molecule has 0 aliphatic rings. The molecule has 10 rings (SSSR count). The van der Waals surface area contributed by atoms with Crippen molar-refractivity contribution in [1.29, 1.82) is 0 Å². The van der Waals surface area contributed by atoms with E-state index in [9.17, 15) is 0 Å². The maximum atomic E-state index is 2.36. The summed E-state index contributed by atoms with van der Waals surface area (Å²) >= 11 is 0. The van der Waals surface area contributed by atoms with Gasteiger partial charge in [0.2, 0.25) is 0 Å². The van der Waals surface area contributed by atoms with Gasteiger partial charge in [0, 0.05) is 17.1 Å². The minimum atomic E-state index is 1.10. The summed E-state index contributed by atoms with van der Waals surface area (Å²) in [7, 11) is 0. The Balaban J connectivity index is 0.958. The quantitative estimate of drug-likeness (QED) is 0.142. The van der Waals surface area contributed by atoms with E-state index < -0.39 is 0 Å². The van der Waals surface area contributed by atoms with Crippen LogP contribution in [0.15, 0.2) is 249 Å². The maximum Gasteiger partial charge on any atom is 0.0467 e. The number of benzene rings is 10. The molecule has 0 aromatic heterocycles. The molecule has 0 N–H and O–H groups in total.